The van der Waals surface area contributed by atoms with Gasteiger partial charge in [-0.2, -0.15) is 5.10 Å². The topological polar surface area (TPSA) is 42.7 Å². The van der Waals surface area contributed by atoms with Crippen molar-refractivity contribution in [3.05, 3.63) is 12.2 Å². The molecule has 0 saturated carbocycles. The summed E-state index contributed by atoms with van der Waals surface area (Å²) in [5, 5.41) is 7.51. The minimum atomic E-state index is 0.275. The number of hydrogen-bond acceptors (Lipinski definition) is 3. The predicted octanol–water partition coefficient (Wildman–Crippen LogP) is 1.38. The summed E-state index contributed by atoms with van der Waals surface area (Å²) in [5.41, 5.74) is 0.275. The molecule has 1 atom stereocenters. The van der Waals surface area contributed by atoms with E-state index in [1.807, 2.05) is 11.7 Å². The average molecular weight is 210 g/mol. The van der Waals surface area contributed by atoms with E-state index in [0.717, 1.165) is 31.8 Å². The zero-order valence-electron chi connectivity index (χ0n) is 10.2. The van der Waals surface area contributed by atoms with E-state index in [1.165, 1.54) is 0 Å². The van der Waals surface area contributed by atoms with Gasteiger partial charge in [-0.3, -0.25) is 4.68 Å². The normalized spacial score (nSPS) is 15.2. The quantitative estimate of drug-likeness (QED) is 0.771. The maximum Gasteiger partial charge on any atom is 0.138 e. The van der Waals surface area contributed by atoms with Gasteiger partial charge in [0.25, 0.3) is 0 Å². The van der Waals surface area contributed by atoms with Gasteiger partial charge in [-0.05, 0) is 18.4 Å². The molecular formula is C11H22N4. The third-order valence-corrected chi connectivity index (χ3v) is 3.05. The Labute approximate surface area is 92.1 Å². The van der Waals surface area contributed by atoms with Crippen molar-refractivity contribution in [1.29, 1.82) is 0 Å². The third kappa shape index (κ3) is 3.30. The third-order valence-electron chi connectivity index (χ3n) is 3.05. The van der Waals surface area contributed by atoms with E-state index in [2.05, 4.69) is 36.2 Å². The molecule has 1 unspecified atom stereocenters. The van der Waals surface area contributed by atoms with E-state index >= 15 is 0 Å². The van der Waals surface area contributed by atoms with E-state index in [1.54, 1.807) is 6.33 Å². The molecule has 4 heteroatoms. The molecule has 15 heavy (non-hydrogen) atoms. The summed E-state index contributed by atoms with van der Waals surface area (Å²) in [6.45, 7) is 8.72. The van der Waals surface area contributed by atoms with Crippen molar-refractivity contribution >= 4 is 0 Å². The molecule has 86 valence electrons. The highest BCUT2D eigenvalue weighted by Crippen LogP contribution is 2.24. The number of aromatic nitrogens is 3. The Hall–Kier alpha value is -0.900. The van der Waals surface area contributed by atoms with Crippen LogP contribution in [0.15, 0.2) is 6.33 Å². The van der Waals surface area contributed by atoms with Crippen LogP contribution in [-0.4, -0.2) is 27.9 Å². The van der Waals surface area contributed by atoms with Gasteiger partial charge >= 0.3 is 0 Å². The molecule has 0 aliphatic heterocycles. The summed E-state index contributed by atoms with van der Waals surface area (Å²) >= 11 is 0. The fourth-order valence-corrected chi connectivity index (χ4v) is 1.60. The maximum atomic E-state index is 4.28. The van der Waals surface area contributed by atoms with Crippen LogP contribution in [-0.2, 0) is 13.5 Å². The molecule has 0 fully saturated rings. The van der Waals surface area contributed by atoms with Crippen LogP contribution < -0.4 is 5.32 Å². The first-order chi connectivity index (χ1) is 7.11. The summed E-state index contributed by atoms with van der Waals surface area (Å²) in [6.07, 6.45) is 3.75. The largest absolute Gasteiger partial charge is 0.316 e. The Kier molecular flexibility index (Phi) is 4.27. The number of aryl methyl sites for hydroxylation is 1. The lowest BCUT2D eigenvalue weighted by Gasteiger charge is -2.27. The van der Waals surface area contributed by atoms with Crippen LogP contribution in [0.3, 0.4) is 0 Å². The van der Waals surface area contributed by atoms with Crippen LogP contribution >= 0.6 is 0 Å². The Morgan fingerprint density at radius 2 is 2.20 bits per heavy atom. The zero-order chi connectivity index (χ0) is 11.3. The Morgan fingerprint density at radius 1 is 1.47 bits per heavy atom. The summed E-state index contributed by atoms with van der Waals surface area (Å²) in [6, 6.07) is 0. The standard InChI is InChI=1S/C11H22N4/c1-5-11(3,8-12-6-2)7-10-13-9-14-15(10)4/h9,12H,5-8H2,1-4H3. The Morgan fingerprint density at radius 3 is 2.67 bits per heavy atom. The molecule has 1 rings (SSSR count). The lowest BCUT2D eigenvalue weighted by atomic mass is 9.83. The lowest BCUT2D eigenvalue weighted by molar-refractivity contribution is 0.283. The number of rotatable bonds is 6. The monoisotopic (exact) mass is 210 g/mol. The molecule has 0 amide bonds. The minimum Gasteiger partial charge on any atom is -0.316 e. The number of nitrogens with one attached hydrogen (secondary N) is 1. The van der Waals surface area contributed by atoms with Gasteiger partial charge < -0.3 is 5.32 Å². The Balaban J connectivity index is 2.63. The average Bonchev–Trinajstić information content (AvgIpc) is 2.61. The van der Waals surface area contributed by atoms with Crippen molar-refractivity contribution in [2.24, 2.45) is 12.5 Å². The van der Waals surface area contributed by atoms with Gasteiger partial charge in [-0.15, -0.1) is 0 Å². The van der Waals surface area contributed by atoms with E-state index in [-0.39, 0.29) is 5.41 Å². The number of nitrogens with zero attached hydrogens (tertiary/aromatic N) is 3. The van der Waals surface area contributed by atoms with Gasteiger partial charge in [0, 0.05) is 20.0 Å². The van der Waals surface area contributed by atoms with Crippen molar-refractivity contribution in [1.82, 2.24) is 20.1 Å². The highest BCUT2D eigenvalue weighted by molar-refractivity contribution is 4.92. The second-order valence-corrected chi connectivity index (χ2v) is 4.42. The summed E-state index contributed by atoms with van der Waals surface area (Å²) in [4.78, 5) is 4.28. The molecule has 0 aliphatic rings. The van der Waals surface area contributed by atoms with Crippen molar-refractivity contribution in [3.63, 3.8) is 0 Å². The maximum absolute atomic E-state index is 4.28. The molecule has 1 N–H and O–H groups in total. The van der Waals surface area contributed by atoms with Crippen molar-refractivity contribution in [3.8, 4) is 0 Å². The van der Waals surface area contributed by atoms with Crippen LogP contribution in [0.25, 0.3) is 0 Å². The van der Waals surface area contributed by atoms with Gasteiger partial charge in [-0.25, -0.2) is 4.98 Å². The molecule has 0 saturated heterocycles. The van der Waals surface area contributed by atoms with Crippen LogP contribution in [0.5, 0.6) is 0 Å². The Bertz CT molecular complexity index is 295. The van der Waals surface area contributed by atoms with Crippen molar-refractivity contribution < 1.29 is 0 Å². The molecular weight excluding hydrogens is 188 g/mol. The SMILES string of the molecule is CCNCC(C)(CC)Cc1ncnn1C. The lowest BCUT2D eigenvalue weighted by Crippen LogP contribution is -2.34. The first-order valence-electron chi connectivity index (χ1n) is 5.65. The van der Waals surface area contributed by atoms with Gasteiger partial charge in [0.15, 0.2) is 0 Å². The molecule has 1 aromatic heterocycles. The minimum absolute atomic E-state index is 0.275. The van der Waals surface area contributed by atoms with E-state index in [9.17, 15) is 0 Å². The molecule has 4 nitrogen and oxygen atoms in total. The second kappa shape index (κ2) is 5.26. The van der Waals surface area contributed by atoms with Gasteiger partial charge in [-0.1, -0.05) is 20.8 Å². The molecule has 1 heterocycles. The van der Waals surface area contributed by atoms with Crippen molar-refractivity contribution in [2.45, 2.75) is 33.6 Å². The fourth-order valence-electron chi connectivity index (χ4n) is 1.60. The fraction of sp³-hybridized carbons (Fsp3) is 0.818. The summed E-state index contributed by atoms with van der Waals surface area (Å²) < 4.78 is 1.86. The van der Waals surface area contributed by atoms with E-state index in [4.69, 9.17) is 0 Å². The second-order valence-electron chi connectivity index (χ2n) is 4.42. The van der Waals surface area contributed by atoms with Gasteiger partial charge in [0.2, 0.25) is 0 Å². The van der Waals surface area contributed by atoms with Crippen LogP contribution in [0, 0.1) is 5.41 Å². The first kappa shape index (κ1) is 12.2. The highest BCUT2D eigenvalue weighted by Gasteiger charge is 2.24. The van der Waals surface area contributed by atoms with Crippen LogP contribution in [0.1, 0.15) is 33.0 Å². The van der Waals surface area contributed by atoms with Crippen LogP contribution in [0.4, 0.5) is 0 Å². The molecule has 0 radical (unpaired) electrons. The molecule has 0 bridgehead atoms. The molecule has 0 aliphatic carbocycles. The first-order valence-corrected chi connectivity index (χ1v) is 5.65. The summed E-state index contributed by atoms with van der Waals surface area (Å²) in [7, 11) is 1.95. The van der Waals surface area contributed by atoms with E-state index < -0.39 is 0 Å². The zero-order valence-corrected chi connectivity index (χ0v) is 10.2. The van der Waals surface area contributed by atoms with Crippen molar-refractivity contribution in [2.75, 3.05) is 13.1 Å². The predicted molar refractivity (Wildman–Crippen MR) is 61.6 cm³/mol. The molecule has 1 aromatic rings. The molecule has 0 spiro atoms. The van der Waals surface area contributed by atoms with Crippen LogP contribution in [0.2, 0.25) is 0 Å². The number of hydrogen-bond donors (Lipinski definition) is 1. The smallest absolute Gasteiger partial charge is 0.138 e. The van der Waals surface area contributed by atoms with Gasteiger partial charge in [0.05, 0.1) is 0 Å². The van der Waals surface area contributed by atoms with E-state index in [0.29, 0.717) is 0 Å². The highest BCUT2D eigenvalue weighted by atomic mass is 15.3. The molecule has 0 aromatic carbocycles. The van der Waals surface area contributed by atoms with Gasteiger partial charge in [0.1, 0.15) is 12.2 Å². The summed E-state index contributed by atoms with van der Waals surface area (Å²) in [5.74, 6) is 1.07.